The van der Waals surface area contributed by atoms with Crippen molar-refractivity contribution in [1.82, 2.24) is 10.2 Å². The van der Waals surface area contributed by atoms with Crippen molar-refractivity contribution in [2.75, 3.05) is 26.7 Å². The van der Waals surface area contributed by atoms with E-state index in [-0.39, 0.29) is 54.3 Å². The number of ether oxygens (including phenoxy) is 1. The van der Waals surface area contributed by atoms with Crippen molar-refractivity contribution in [3.05, 3.63) is 29.6 Å². The van der Waals surface area contributed by atoms with Gasteiger partial charge in [0.1, 0.15) is 0 Å². The number of methoxy groups -OCH3 is 1. The van der Waals surface area contributed by atoms with Gasteiger partial charge in [-0.3, -0.25) is 9.59 Å². The quantitative estimate of drug-likeness (QED) is 0.830. The molecule has 0 aromatic heterocycles. The van der Waals surface area contributed by atoms with Crippen LogP contribution >= 0.6 is 12.4 Å². The van der Waals surface area contributed by atoms with Gasteiger partial charge in [-0.25, -0.2) is 4.39 Å². The Bertz CT molecular complexity index is 568. The molecule has 2 rings (SSSR count). The number of nitrogens with zero attached hydrogens (tertiary/aromatic N) is 1. The molecule has 1 aliphatic rings. The molecule has 1 aliphatic heterocycles. The summed E-state index contributed by atoms with van der Waals surface area (Å²) in [7, 11) is 1.37. The minimum Gasteiger partial charge on any atom is -0.494 e. The zero-order chi connectivity index (χ0) is 16.1. The van der Waals surface area contributed by atoms with Crippen LogP contribution in [0.3, 0.4) is 0 Å². The summed E-state index contributed by atoms with van der Waals surface area (Å²) in [6.45, 7) is 4.17. The molecule has 1 heterocycles. The molecule has 0 spiro atoms. The number of piperazine rings is 1. The molecule has 0 aliphatic carbocycles. The number of rotatable bonds is 5. The molecule has 5 nitrogen and oxygen atoms in total. The smallest absolute Gasteiger partial charge is 0.223 e. The van der Waals surface area contributed by atoms with Crippen molar-refractivity contribution in [2.24, 2.45) is 0 Å². The second kappa shape index (κ2) is 8.84. The number of ketones is 1. The van der Waals surface area contributed by atoms with Gasteiger partial charge in [-0.15, -0.1) is 12.4 Å². The Kier molecular flexibility index (Phi) is 7.45. The van der Waals surface area contributed by atoms with Crippen molar-refractivity contribution in [3.8, 4) is 5.75 Å². The number of halogens is 2. The second-order valence-corrected chi connectivity index (χ2v) is 5.41. The normalized spacial score (nSPS) is 17.3. The third kappa shape index (κ3) is 4.91. The Hall–Kier alpha value is -1.66. The third-order valence-corrected chi connectivity index (χ3v) is 3.86. The lowest BCUT2D eigenvalue weighted by molar-refractivity contribution is -0.133. The summed E-state index contributed by atoms with van der Waals surface area (Å²) < 4.78 is 18.4. The Balaban J connectivity index is 0.00000264. The number of Topliss-reactive ketones (excluding diaryl/α,β-unsaturated/α-hetero) is 1. The largest absolute Gasteiger partial charge is 0.494 e. The average molecular weight is 345 g/mol. The van der Waals surface area contributed by atoms with Gasteiger partial charge in [-0.1, -0.05) is 0 Å². The summed E-state index contributed by atoms with van der Waals surface area (Å²) in [4.78, 5) is 26.0. The molecule has 23 heavy (non-hydrogen) atoms. The molecule has 0 bridgehead atoms. The highest BCUT2D eigenvalue weighted by Crippen LogP contribution is 2.19. The summed E-state index contributed by atoms with van der Waals surface area (Å²) in [6, 6.07) is 4.22. The molecule has 1 aromatic carbocycles. The lowest BCUT2D eigenvalue weighted by atomic mass is 10.1. The van der Waals surface area contributed by atoms with Gasteiger partial charge in [0.2, 0.25) is 5.91 Å². The summed E-state index contributed by atoms with van der Waals surface area (Å²) in [5.41, 5.74) is 0.263. The number of benzene rings is 1. The SMILES string of the molecule is COc1ccc(C(=O)CCC(=O)N2CCNC[C@@H]2C)cc1F.Cl. The Morgan fingerprint density at radius 2 is 2.13 bits per heavy atom. The summed E-state index contributed by atoms with van der Waals surface area (Å²) in [5.74, 6) is -0.744. The molecule has 1 amide bonds. The highest BCUT2D eigenvalue weighted by Gasteiger charge is 2.23. The molecule has 0 saturated carbocycles. The molecular formula is C16H22ClFN2O3. The first kappa shape index (κ1) is 19.4. The standard InChI is InChI=1S/C16H21FN2O3.ClH/c1-11-10-18-7-8-19(11)16(21)6-4-14(20)12-3-5-15(22-2)13(17)9-12;/h3,5,9,11,18H,4,6-8,10H2,1-2H3;1H/t11-;/m0./s1. The lowest BCUT2D eigenvalue weighted by Gasteiger charge is -2.34. The lowest BCUT2D eigenvalue weighted by Crippen LogP contribution is -2.52. The van der Waals surface area contributed by atoms with Crippen LogP contribution in [-0.2, 0) is 4.79 Å². The van der Waals surface area contributed by atoms with Gasteiger partial charge in [0, 0.05) is 44.1 Å². The first-order valence-electron chi connectivity index (χ1n) is 7.40. The van der Waals surface area contributed by atoms with E-state index < -0.39 is 5.82 Å². The number of carbonyl (C=O) groups is 2. The van der Waals surface area contributed by atoms with Crippen molar-refractivity contribution in [1.29, 1.82) is 0 Å². The van der Waals surface area contributed by atoms with E-state index in [0.717, 1.165) is 19.2 Å². The van der Waals surface area contributed by atoms with E-state index >= 15 is 0 Å². The number of hydrogen-bond acceptors (Lipinski definition) is 4. The van der Waals surface area contributed by atoms with Crippen molar-refractivity contribution < 1.29 is 18.7 Å². The number of amides is 1. The van der Waals surface area contributed by atoms with Gasteiger partial charge >= 0.3 is 0 Å². The van der Waals surface area contributed by atoms with E-state index in [4.69, 9.17) is 4.74 Å². The zero-order valence-electron chi connectivity index (χ0n) is 13.3. The molecule has 1 aromatic rings. The fourth-order valence-corrected chi connectivity index (χ4v) is 2.56. The third-order valence-electron chi connectivity index (χ3n) is 3.86. The van der Waals surface area contributed by atoms with Gasteiger partial charge in [0.05, 0.1) is 7.11 Å². The maximum atomic E-state index is 13.6. The molecule has 128 valence electrons. The molecular weight excluding hydrogens is 323 g/mol. The Morgan fingerprint density at radius 1 is 1.39 bits per heavy atom. The van der Waals surface area contributed by atoms with Crippen molar-refractivity contribution in [3.63, 3.8) is 0 Å². The molecule has 0 unspecified atom stereocenters. The monoisotopic (exact) mass is 344 g/mol. The molecule has 1 N–H and O–H groups in total. The maximum Gasteiger partial charge on any atom is 0.223 e. The van der Waals surface area contributed by atoms with Crippen LogP contribution in [0.2, 0.25) is 0 Å². The molecule has 0 radical (unpaired) electrons. The van der Waals surface area contributed by atoms with Crippen LogP contribution in [0.4, 0.5) is 4.39 Å². The van der Waals surface area contributed by atoms with Gasteiger partial charge in [-0.2, -0.15) is 0 Å². The Labute approximate surface area is 141 Å². The summed E-state index contributed by atoms with van der Waals surface area (Å²) in [6.07, 6.45) is 0.234. The number of nitrogens with one attached hydrogen (secondary N) is 1. The van der Waals surface area contributed by atoms with Crippen LogP contribution in [0.15, 0.2) is 18.2 Å². The minimum absolute atomic E-state index is 0. The van der Waals surface area contributed by atoms with Crippen LogP contribution in [-0.4, -0.2) is 49.4 Å². The van der Waals surface area contributed by atoms with Crippen LogP contribution in [0.5, 0.6) is 5.75 Å². The van der Waals surface area contributed by atoms with E-state index in [2.05, 4.69) is 5.32 Å². The highest BCUT2D eigenvalue weighted by atomic mass is 35.5. The van der Waals surface area contributed by atoms with Crippen LogP contribution < -0.4 is 10.1 Å². The molecule has 1 atom stereocenters. The van der Waals surface area contributed by atoms with E-state index in [0.29, 0.717) is 6.54 Å². The van der Waals surface area contributed by atoms with Gasteiger partial charge < -0.3 is 15.0 Å². The summed E-state index contributed by atoms with van der Waals surface area (Å²) >= 11 is 0. The fourth-order valence-electron chi connectivity index (χ4n) is 2.56. The summed E-state index contributed by atoms with van der Waals surface area (Å²) in [5, 5.41) is 3.21. The van der Waals surface area contributed by atoms with Gasteiger partial charge in [-0.05, 0) is 25.1 Å². The molecule has 1 saturated heterocycles. The first-order chi connectivity index (χ1) is 10.5. The van der Waals surface area contributed by atoms with Crippen LogP contribution in [0.1, 0.15) is 30.1 Å². The topological polar surface area (TPSA) is 58.6 Å². The van der Waals surface area contributed by atoms with Crippen LogP contribution in [0, 0.1) is 5.82 Å². The number of carbonyl (C=O) groups excluding carboxylic acids is 2. The fraction of sp³-hybridized carbons (Fsp3) is 0.500. The predicted molar refractivity (Wildman–Crippen MR) is 87.8 cm³/mol. The van der Waals surface area contributed by atoms with E-state index in [1.807, 2.05) is 6.92 Å². The zero-order valence-corrected chi connectivity index (χ0v) is 14.1. The van der Waals surface area contributed by atoms with Gasteiger partial charge in [0.25, 0.3) is 0 Å². The molecule has 1 fully saturated rings. The van der Waals surface area contributed by atoms with E-state index in [9.17, 15) is 14.0 Å². The van der Waals surface area contributed by atoms with Crippen LogP contribution in [0.25, 0.3) is 0 Å². The van der Waals surface area contributed by atoms with E-state index in [1.54, 1.807) is 4.90 Å². The second-order valence-electron chi connectivity index (χ2n) is 5.41. The average Bonchev–Trinajstić information content (AvgIpc) is 2.52. The van der Waals surface area contributed by atoms with E-state index in [1.165, 1.54) is 19.2 Å². The number of hydrogen-bond donors (Lipinski definition) is 1. The maximum absolute atomic E-state index is 13.6. The first-order valence-corrected chi connectivity index (χ1v) is 7.40. The molecule has 7 heteroatoms. The minimum atomic E-state index is -0.574. The van der Waals surface area contributed by atoms with Crippen molar-refractivity contribution in [2.45, 2.75) is 25.8 Å². The Morgan fingerprint density at radius 3 is 2.74 bits per heavy atom. The predicted octanol–water partition coefficient (Wildman–Crippen LogP) is 2.04. The highest BCUT2D eigenvalue weighted by molar-refractivity contribution is 5.98. The van der Waals surface area contributed by atoms with Gasteiger partial charge in [0.15, 0.2) is 17.3 Å². The van der Waals surface area contributed by atoms with Crippen molar-refractivity contribution >= 4 is 24.1 Å².